The number of nitrogens with zero attached hydrogens (tertiary/aromatic N) is 6. The zero-order valence-corrected chi connectivity index (χ0v) is 20.0. The van der Waals surface area contributed by atoms with E-state index >= 15 is 0 Å². The second-order valence-electron chi connectivity index (χ2n) is 7.26. The van der Waals surface area contributed by atoms with E-state index in [9.17, 15) is 5.11 Å². The molecule has 3 aromatic rings. The van der Waals surface area contributed by atoms with Crippen molar-refractivity contribution >= 4 is 29.9 Å². The summed E-state index contributed by atoms with van der Waals surface area (Å²) < 4.78 is 3.59. The Bertz CT molecular complexity index is 964. The Balaban J connectivity index is 0.00000320. The van der Waals surface area contributed by atoms with Gasteiger partial charge in [0.05, 0.1) is 25.8 Å². The lowest BCUT2D eigenvalue weighted by atomic mass is 10.00. The van der Waals surface area contributed by atoms with Crippen LogP contribution in [0.1, 0.15) is 29.7 Å². The van der Waals surface area contributed by atoms with Crippen molar-refractivity contribution in [3.63, 3.8) is 0 Å². The molecule has 0 aliphatic carbocycles. The summed E-state index contributed by atoms with van der Waals surface area (Å²) in [6.45, 7) is 4.91. The minimum Gasteiger partial charge on any atom is -0.383 e. The van der Waals surface area contributed by atoms with E-state index < -0.39 is 5.60 Å². The van der Waals surface area contributed by atoms with Crippen LogP contribution in [0.3, 0.4) is 0 Å². The summed E-state index contributed by atoms with van der Waals surface area (Å²) in [5.74, 6) is 2.23. The molecule has 162 valence electrons. The standard InChI is InChI=1S/C20H28N8O.HI/c1-15-25-26-18(28(15)4)12-22-19(21-10-16-8-6-5-7-9-16)23-14-20(2,29)17-11-24-27(3)13-17;/h5-9,11,13,29H,10,12,14H2,1-4H3,(H2,21,22,23);1H. The topological polar surface area (TPSA) is 105 Å². The Labute approximate surface area is 193 Å². The first-order valence-electron chi connectivity index (χ1n) is 9.47. The molecule has 10 heteroatoms. The Morgan fingerprint density at radius 3 is 2.50 bits per heavy atom. The monoisotopic (exact) mass is 524 g/mol. The summed E-state index contributed by atoms with van der Waals surface area (Å²) >= 11 is 0. The van der Waals surface area contributed by atoms with Gasteiger partial charge in [0.25, 0.3) is 0 Å². The number of aryl methyl sites for hydroxylation is 2. The molecule has 9 nitrogen and oxygen atoms in total. The third-order valence-corrected chi connectivity index (χ3v) is 4.79. The van der Waals surface area contributed by atoms with Crippen LogP contribution in [-0.4, -0.2) is 42.2 Å². The summed E-state index contributed by atoms with van der Waals surface area (Å²) in [4.78, 5) is 4.65. The zero-order chi connectivity index (χ0) is 20.9. The molecule has 0 saturated carbocycles. The van der Waals surface area contributed by atoms with Gasteiger partial charge in [-0.1, -0.05) is 30.3 Å². The first-order valence-corrected chi connectivity index (χ1v) is 9.47. The molecule has 0 saturated heterocycles. The summed E-state index contributed by atoms with van der Waals surface area (Å²) in [6, 6.07) is 10.0. The van der Waals surface area contributed by atoms with Gasteiger partial charge >= 0.3 is 0 Å². The smallest absolute Gasteiger partial charge is 0.192 e. The molecule has 0 radical (unpaired) electrons. The highest BCUT2D eigenvalue weighted by molar-refractivity contribution is 14.0. The van der Waals surface area contributed by atoms with Gasteiger partial charge in [-0.2, -0.15) is 5.10 Å². The molecular formula is C20H29IN8O. The van der Waals surface area contributed by atoms with Gasteiger partial charge in [-0.25, -0.2) is 4.99 Å². The van der Waals surface area contributed by atoms with Crippen LogP contribution in [0.25, 0.3) is 0 Å². The number of rotatable bonds is 7. The molecule has 0 fully saturated rings. The van der Waals surface area contributed by atoms with Crippen molar-refractivity contribution in [2.45, 2.75) is 32.5 Å². The second-order valence-corrected chi connectivity index (χ2v) is 7.26. The van der Waals surface area contributed by atoms with Crippen LogP contribution >= 0.6 is 24.0 Å². The van der Waals surface area contributed by atoms with E-state index in [1.54, 1.807) is 24.0 Å². The van der Waals surface area contributed by atoms with Crippen LogP contribution in [0.15, 0.2) is 47.7 Å². The molecule has 2 heterocycles. The molecule has 0 amide bonds. The van der Waals surface area contributed by atoms with Crippen molar-refractivity contribution in [2.75, 3.05) is 6.54 Å². The molecule has 0 aliphatic rings. The molecule has 3 rings (SSSR count). The summed E-state index contributed by atoms with van der Waals surface area (Å²) in [5, 5.41) is 29.7. The van der Waals surface area contributed by atoms with Crippen molar-refractivity contribution in [1.82, 2.24) is 35.2 Å². The third-order valence-electron chi connectivity index (χ3n) is 4.79. The molecule has 0 spiro atoms. The quantitative estimate of drug-likeness (QED) is 0.247. The second kappa shape index (κ2) is 10.5. The fourth-order valence-corrected chi connectivity index (χ4v) is 2.75. The van der Waals surface area contributed by atoms with Crippen molar-refractivity contribution in [2.24, 2.45) is 19.1 Å². The molecule has 0 bridgehead atoms. The maximum atomic E-state index is 10.8. The van der Waals surface area contributed by atoms with Gasteiger partial charge in [-0.15, -0.1) is 34.2 Å². The van der Waals surface area contributed by atoms with E-state index in [0.717, 1.165) is 22.8 Å². The third kappa shape index (κ3) is 6.26. The molecule has 2 aromatic heterocycles. The van der Waals surface area contributed by atoms with E-state index in [1.165, 1.54) is 0 Å². The van der Waals surface area contributed by atoms with Crippen LogP contribution in [0.4, 0.5) is 0 Å². The number of aliphatic imine (C=N–C) groups is 1. The SMILES string of the molecule is Cc1nnc(CNC(=NCc2ccccc2)NCC(C)(O)c2cnn(C)c2)n1C.I. The highest BCUT2D eigenvalue weighted by Gasteiger charge is 2.25. The largest absolute Gasteiger partial charge is 0.383 e. The van der Waals surface area contributed by atoms with Gasteiger partial charge in [-0.05, 0) is 19.4 Å². The molecule has 0 aliphatic heterocycles. The first kappa shape index (κ1) is 23.8. The number of aromatic nitrogens is 5. The van der Waals surface area contributed by atoms with Crippen molar-refractivity contribution < 1.29 is 5.11 Å². The van der Waals surface area contributed by atoms with Gasteiger partial charge in [0.2, 0.25) is 0 Å². The average molecular weight is 524 g/mol. The molecule has 30 heavy (non-hydrogen) atoms. The summed E-state index contributed by atoms with van der Waals surface area (Å²) in [7, 11) is 3.75. The first-order chi connectivity index (χ1) is 13.8. The van der Waals surface area contributed by atoms with Gasteiger partial charge in [0.1, 0.15) is 11.4 Å². The Hall–Kier alpha value is -2.47. The fourth-order valence-electron chi connectivity index (χ4n) is 2.75. The van der Waals surface area contributed by atoms with Crippen LogP contribution < -0.4 is 10.6 Å². The highest BCUT2D eigenvalue weighted by atomic mass is 127. The maximum Gasteiger partial charge on any atom is 0.192 e. The molecule has 3 N–H and O–H groups in total. The number of guanidine groups is 1. The van der Waals surface area contributed by atoms with Gasteiger partial charge in [0.15, 0.2) is 11.8 Å². The van der Waals surface area contributed by atoms with Crippen molar-refractivity contribution in [1.29, 1.82) is 0 Å². The number of hydrogen-bond donors (Lipinski definition) is 3. The number of benzene rings is 1. The minimum atomic E-state index is -1.09. The molecule has 1 aromatic carbocycles. The van der Waals surface area contributed by atoms with Crippen LogP contribution in [0.2, 0.25) is 0 Å². The Kier molecular flexibility index (Phi) is 8.35. The zero-order valence-electron chi connectivity index (χ0n) is 17.7. The van der Waals surface area contributed by atoms with Gasteiger partial charge in [-0.3, -0.25) is 4.68 Å². The van der Waals surface area contributed by atoms with Crippen LogP contribution in [0, 0.1) is 6.92 Å². The molecular weight excluding hydrogens is 495 g/mol. The van der Waals surface area contributed by atoms with E-state index in [0.29, 0.717) is 19.0 Å². The highest BCUT2D eigenvalue weighted by Crippen LogP contribution is 2.18. The minimum absolute atomic E-state index is 0. The molecule has 1 atom stereocenters. The van der Waals surface area contributed by atoms with E-state index in [-0.39, 0.29) is 30.5 Å². The number of hydrogen-bond acceptors (Lipinski definition) is 5. The summed E-state index contributed by atoms with van der Waals surface area (Å²) in [6.07, 6.45) is 3.47. The lowest BCUT2D eigenvalue weighted by Gasteiger charge is -2.24. The van der Waals surface area contributed by atoms with E-state index in [4.69, 9.17) is 0 Å². The van der Waals surface area contributed by atoms with Gasteiger partial charge < -0.3 is 20.3 Å². The number of aliphatic hydroxyl groups is 1. The van der Waals surface area contributed by atoms with Gasteiger partial charge in [0, 0.05) is 25.9 Å². The Morgan fingerprint density at radius 1 is 1.17 bits per heavy atom. The number of halogens is 1. The van der Waals surface area contributed by atoms with E-state index in [1.807, 2.05) is 55.9 Å². The van der Waals surface area contributed by atoms with Crippen molar-refractivity contribution in [3.8, 4) is 0 Å². The van der Waals surface area contributed by atoms with Crippen LogP contribution in [0.5, 0.6) is 0 Å². The lowest BCUT2D eigenvalue weighted by Crippen LogP contribution is -2.44. The predicted molar refractivity (Wildman–Crippen MR) is 126 cm³/mol. The van der Waals surface area contributed by atoms with Crippen LogP contribution in [-0.2, 0) is 32.8 Å². The Morgan fingerprint density at radius 2 is 1.90 bits per heavy atom. The molecule has 1 unspecified atom stereocenters. The fraction of sp³-hybridized carbons (Fsp3) is 0.400. The number of nitrogens with one attached hydrogen (secondary N) is 2. The van der Waals surface area contributed by atoms with E-state index in [2.05, 4.69) is 30.9 Å². The normalized spacial score (nSPS) is 13.4. The lowest BCUT2D eigenvalue weighted by molar-refractivity contribution is 0.0616. The average Bonchev–Trinajstić information content (AvgIpc) is 3.29. The van der Waals surface area contributed by atoms with Crippen molar-refractivity contribution in [3.05, 3.63) is 65.5 Å². The predicted octanol–water partition coefficient (Wildman–Crippen LogP) is 1.62. The summed E-state index contributed by atoms with van der Waals surface area (Å²) in [5.41, 5.74) is 0.742. The maximum absolute atomic E-state index is 10.8.